The molecular weight excluding hydrogens is 508 g/mol. The summed E-state index contributed by atoms with van der Waals surface area (Å²) in [4.78, 5) is 2.63. The van der Waals surface area contributed by atoms with Crippen molar-refractivity contribution < 1.29 is 12.0 Å². The van der Waals surface area contributed by atoms with Crippen molar-refractivity contribution in [1.29, 1.82) is 0 Å². The highest BCUT2D eigenvalue weighted by Gasteiger charge is 2.38. The Morgan fingerprint density at radius 1 is 0.500 bits per heavy atom. The van der Waals surface area contributed by atoms with E-state index in [2.05, 4.69) is 65.8 Å². The predicted molar refractivity (Wildman–Crippen MR) is 159 cm³/mol. The smallest absolute Gasteiger partial charge is 0.203 e. The molecule has 5 heteroatoms. The Hall–Kier alpha value is -2.86. The molecule has 0 aliphatic heterocycles. The van der Waals surface area contributed by atoms with Gasteiger partial charge in [0.1, 0.15) is 0 Å². The largest absolute Gasteiger partial charge is 0.307 e. The predicted octanol–water partition coefficient (Wildman–Crippen LogP) is 9.19. The first kappa shape index (κ1) is 28.2. The van der Waals surface area contributed by atoms with Gasteiger partial charge in [-0.3, -0.25) is 0 Å². The van der Waals surface area contributed by atoms with Gasteiger partial charge in [0.25, 0.3) is 0 Å². The fourth-order valence-corrected chi connectivity index (χ4v) is 9.51. The number of hydrogen-bond acceptors (Lipinski definition) is 3. The first-order valence-electron chi connectivity index (χ1n) is 12.9. The molecular formula is C33H38O3S2. The van der Waals surface area contributed by atoms with Gasteiger partial charge in [-0.25, -0.2) is 3.63 Å². The van der Waals surface area contributed by atoms with Gasteiger partial charge in [-0.1, -0.05) is 102 Å². The SMILES string of the molecule is Cc1ccc(S(=O)(=O)OS(c2ccccc2)(c2ccc(C(C)(C)C)cc2)c2ccc(C(C)(C)C)cc2)cc1. The highest BCUT2D eigenvalue weighted by molar-refractivity contribution is 8.33. The van der Waals surface area contributed by atoms with Crippen LogP contribution in [0.25, 0.3) is 0 Å². The summed E-state index contributed by atoms with van der Waals surface area (Å²) >= 11 is 0. The summed E-state index contributed by atoms with van der Waals surface area (Å²) < 4.78 is 34.4. The Labute approximate surface area is 230 Å². The molecule has 0 atom stereocenters. The second kappa shape index (κ2) is 10.4. The molecule has 0 saturated carbocycles. The fourth-order valence-electron chi connectivity index (χ4n) is 4.31. The maximum Gasteiger partial charge on any atom is 0.307 e. The summed E-state index contributed by atoms with van der Waals surface area (Å²) in [6.45, 7) is 15.0. The Morgan fingerprint density at radius 2 is 0.868 bits per heavy atom. The van der Waals surface area contributed by atoms with E-state index in [9.17, 15) is 8.42 Å². The average molecular weight is 547 g/mol. The summed E-state index contributed by atoms with van der Waals surface area (Å²) in [5, 5.41) is 0. The normalized spacial score (nSPS) is 13.3. The molecule has 0 aromatic heterocycles. The average Bonchev–Trinajstić information content (AvgIpc) is 2.87. The zero-order valence-electron chi connectivity index (χ0n) is 23.4. The van der Waals surface area contributed by atoms with Crippen molar-refractivity contribution >= 4 is 20.4 Å². The maximum atomic E-state index is 13.9. The lowest BCUT2D eigenvalue weighted by molar-refractivity contribution is 0.508. The molecule has 4 rings (SSSR count). The lowest BCUT2D eigenvalue weighted by Crippen LogP contribution is -2.16. The van der Waals surface area contributed by atoms with Gasteiger partial charge < -0.3 is 0 Å². The van der Waals surface area contributed by atoms with Crippen LogP contribution < -0.4 is 0 Å². The molecule has 0 unspecified atom stereocenters. The standard InChI is InChI=1S/C33H38O3S2/c1-25-13-19-31(20-14-25)38(34,35)36-37(28-11-9-8-10-12-28,29-21-15-26(16-22-29)32(2,3)4)30-23-17-27(18-24-30)33(5,6)7/h8-24H,1-7H3. The van der Waals surface area contributed by atoms with E-state index < -0.39 is 20.4 Å². The van der Waals surface area contributed by atoms with Crippen LogP contribution in [0.1, 0.15) is 58.2 Å². The van der Waals surface area contributed by atoms with Crippen molar-refractivity contribution in [3.63, 3.8) is 0 Å². The van der Waals surface area contributed by atoms with Gasteiger partial charge >= 0.3 is 10.1 Å². The quantitative estimate of drug-likeness (QED) is 0.242. The molecule has 4 aromatic carbocycles. The van der Waals surface area contributed by atoms with E-state index in [1.807, 2.05) is 61.5 Å². The van der Waals surface area contributed by atoms with E-state index in [0.717, 1.165) is 20.2 Å². The summed E-state index contributed by atoms with van der Waals surface area (Å²) in [7, 11) is -6.78. The first-order valence-corrected chi connectivity index (χ1v) is 15.8. The van der Waals surface area contributed by atoms with Crippen LogP contribution in [0.15, 0.2) is 123 Å². The van der Waals surface area contributed by atoms with Crippen LogP contribution in [0.5, 0.6) is 0 Å². The lowest BCUT2D eigenvalue weighted by atomic mass is 9.87. The van der Waals surface area contributed by atoms with Gasteiger partial charge in [0.2, 0.25) is 0 Å². The van der Waals surface area contributed by atoms with E-state index in [-0.39, 0.29) is 15.7 Å². The van der Waals surface area contributed by atoms with Crippen LogP contribution in [0.2, 0.25) is 0 Å². The monoisotopic (exact) mass is 546 g/mol. The molecule has 0 bridgehead atoms. The number of rotatable bonds is 6. The Bertz CT molecular complexity index is 1420. The Morgan fingerprint density at radius 3 is 1.26 bits per heavy atom. The maximum absolute atomic E-state index is 13.9. The van der Waals surface area contributed by atoms with Crippen molar-refractivity contribution in [2.75, 3.05) is 0 Å². The van der Waals surface area contributed by atoms with Crippen LogP contribution in [0.4, 0.5) is 0 Å². The van der Waals surface area contributed by atoms with Crippen molar-refractivity contribution in [2.24, 2.45) is 0 Å². The molecule has 0 saturated heterocycles. The van der Waals surface area contributed by atoms with Crippen molar-refractivity contribution in [3.05, 3.63) is 120 Å². The molecule has 0 radical (unpaired) electrons. The van der Waals surface area contributed by atoms with Crippen LogP contribution in [0, 0.1) is 6.92 Å². The Balaban J connectivity index is 2.01. The van der Waals surface area contributed by atoms with Crippen molar-refractivity contribution in [2.45, 2.75) is 78.9 Å². The molecule has 0 fully saturated rings. The van der Waals surface area contributed by atoms with Crippen molar-refractivity contribution in [1.82, 2.24) is 0 Å². The minimum absolute atomic E-state index is 0.0353. The second-order valence-corrected chi connectivity index (χ2v) is 16.2. The third-order valence-corrected chi connectivity index (χ3v) is 11.9. The molecule has 0 aliphatic carbocycles. The van der Waals surface area contributed by atoms with Crippen LogP contribution in [-0.2, 0) is 24.6 Å². The summed E-state index contributed by atoms with van der Waals surface area (Å²) in [5.41, 5.74) is 3.26. The minimum Gasteiger partial charge on any atom is -0.203 e. The second-order valence-electron chi connectivity index (χ2n) is 11.8. The molecule has 3 nitrogen and oxygen atoms in total. The molecule has 38 heavy (non-hydrogen) atoms. The van der Waals surface area contributed by atoms with Gasteiger partial charge in [-0.05, 0) is 87.7 Å². The van der Waals surface area contributed by atoms with Gasteiger partial charge in [0.05, 0.1) is 4.90 Å². The van der Waals surface area contributed by atoms with E-state index in [4.69, 9.17) is 3.63 Å². The van der Waals surface area contributed by atoms with Crippen LogP contribution >= 0.6 is 10.3 Å². The molecule has 4 aromatic rings. The van der Waals surface area contributed by atoms with E-state index in [1.54, 1.807) is 24.3 Å². The number of hydrogen-bond donors (Lipinski definition) is 0. The minimum atomic E-state index is -4.12. The molecule has 200 valence electrons. The van der Waals surface area contributed by atoms with Crippen molar-refractivity contribution in [3.8, 4) is 0 Å². The molecule has 0 N–H and O–H groups in total. The van der Waals surface area contributed by atoms with Gasteiger partial charge in [-0.15, -0.1) is 0 Å². The van der Waals surface area contributed by atoms with Gasteiger partial charge in [0, 0.05) is 14.7 Å². The van der Waals surface area contributed by atoms with Gasteiger partial charge in [0.15, 0.2) is 0 Å². The zero-order valence-corrected chi connectivity index (χ0v) is 25.0. The zero-order chi connectivity index (χ0) is 27.8. The summed E-state index contributed by atoms with van der Waals surface area (Å²) in [5.74, 6) is 0. The third-order valence-electron chi connectivity index (χ3n) is 6.68. The summed E-state index contributed by atoms with van der Waals surface area (Å²) in [6, 6.07) is 33.1. The van der Waals surface area contributed by atoms with Crippen LogP contribution in [0.3, 0.4) is 0 Å². The third kappa shape index (κ3) is 5.75. The highest BCUT2D eigenvalue weighted by Crippen LogP contribution is 2.70. The molecule has 0 amide bonds. The van der Waals surface area contributed by atoms with E-state index in [1.165, 1.54) is 11.1 Å². The molecule has 0 aliphatic rings. The number of benzene rings is 4. The number of aryl methyl sites for hydroxylation is 1. The van der Waals surface area contributed by atoms with Crippen LogP contribution in [-0.4, -0.2) is 8.42 Å². The van der Waals surface area contributed by atoms with E-state index >= 15 is 0 Å². The fraction of sp³-hybridized carbons (Fsp3) is 0.273. The summed E-state index contributed by atoms with van der Waals surface area (Å²) in [6.07, 6.45) is 0. The topological polar surface area (TPSA) is 43.4 Å². The van der Waals surface area contributed by atoms with E-state index in [0.29, 0.717) is 0 Å². The lowest BCUT2D eigenvalue weighted by Gasteiger charge is -2.40. The Kier molecular flexibility index (Phi) is 7.68. The first-order chi connectivity index (χ1) is 17.7. The highest BCUT2D eigenvalue weighted by atomic mass is 32.3. The molecule has 0 heterocycles. The van der Waals surface area contributed by atoms with Gasteiger partial charge in [-0.2, -0.15) is 8.42 Å². The molecule has 0 spiro atoms.